The fourth-order valence-electron chi connectivity index (χ4n) is 1.01. The van der Waals surface area contributed by atoms with Crippen LogP contribution in [-0.4, -0.2) is 6.29 Å². The van der Waals surface area contributed by atoms with E-state index in [-0.39, 0.29) is 5.70 Å². The van der Waals surface area contributed by atoms with Crippen molar-refractivity contribution in [2.45, 2.75) is 6.92 Å². The van der Waals surface area contributed by atoms with E-state index in [9.17, 15) is 4.79 Å². The first-order valence-electron chi connectivity index (χ1n) is 4.18. The normalized spacial score (nSPS) is 11.9. The molecule has 1 aromatic carbocycles. The molecule has 4 nitrogen and oxygen atoms in total. The van der Waals surface area contributed by atoms with Gasteiger partial charge in [0.2, 0.25) is 0 Å². The molecule has 0 aliphatic rings. The lowest BCUT2D eigenvalue weighted by Gasteiger charge is -2.19. The second-order valence-electron chi connectivity index (χ2n) is 2.86. The Morgan fingerprint density at radius 2 is 1.93 bits per heavy atom. The number of hydrogen-bond donors (Lipinski definition) is 2. The van der Waals surface area contributed by atoms with Gasteiger partial charge in [0.15, 0.2) is 6.29 Å². The third-order valence-corrected chi connectivity index (χ3v) is 1.94. The number of carbonyl (C=O) groups is 1. The number of benzene rings is 1. The molecule has 0 saturated carbocycles. The van der Waals surface area contributed by atoms with Crippen molar-refractivity contribution in [2.75, 3.05) is 5.01 Å². The molecule has 0 spiro atoms. The zero-order chi connectivity index (χ0) is 10.6. The Hall–Kier alpha value is -1.81. The van der Waals surface area contributed by atoms with Crippen LogP contribution in [0.25, 0.3) is 0 Å². The molecule has 0 aliphatic heterocycles. The molecule has 0 aliphatic carbocycles. The highest BCUT2D eigenvalue weighted by Crippen LogP contribution is 2.14. The molecule has 0 bridgehead atoms. The van der Waals surface area contributed by atoms with Crippen molar-refractivity contribution in [1.82, 2.24) is 0 Å². The highest BCUT2D eigenvalue weighted by Gasteiger charge is 2.05. The lowest BCUT2D eigenvalue weighted by molar-refractivity contribution is -0.105. The maximum atomic E-state index is 10.4. The summed E-state index contributed by atoms with van der Waals surface area (Å²) in [5.74, 6) is 5.75. The molecule has 0 radical (unpaired) electrons. The Morgan fingerprint density at radius 1 is 1.36 bits per heavy atom. The summed E-state index contributed by atoms with van der Waals surface area (Å²) < 4.78 is 0. The van der Waals surface area contributed by atoms with E-state index in [1.165, 1.54) is 5.01 Å². The third-order valence-electron chi connectivity index (χ3n) is 1.94. The van der Waals surface area contributed by atoms with Gasteiger partial charge >= 0.3 is 0 Å². The number of para-hydroxylation sites is 1. The maximum absolute atomic E-state index is 10.4. The van der Waals surface area contributed by atoms with Crippen LogP contribution in [0.1, 0.15) is 6.92 Å². The SMILES string of the molecule is C/C(=C(/N)C=O)N(N)c1ccccc1. The second-order valence-corrected chi connectivity index (χ2v) is 2.86. The second kappa shape index (κ2) is 4.43. The molecule has 0 unspecified atom stereocenters. The van der Waals surface area contributed by atoms with Gasteiger partial charge in [0, 0.05) is 0 Å². The number of nitrogens with two attached hydrogens (primary N) is 2. The molecule has 4 heteroatoms. The molecular weight excluding hydrogens is 178 g/mol. The Morgan fingerprint density at radius 3 is 2.43 bits per heavy atom. The van der Waals surface area contributed by atoms with Crippen LogP contribution in [0, 0.1) is 0 Å². The predicted molar refractivity (Wildman–Crippen MR) is 56.1 cm³/mol. The van der Waals surface area contributed by atoms with Crippen LogP contribution in [-0.2, 0) is 4.79 Å². The summed E-state index contributed by atoms with van der Waals surface area (Å²) in [6, 6.07) is 9.28. The van der Waals surface area contributed by atoms with E-state index in [1.807, 2.05) is 30.3 Å². The minimum atomic E-state index is 0.136. The average molecular weight is 191 g/mol. The van der Waals surface area contributed by atoms with E-state index < -0.39 is 0 Å². The summed E-state index contributed by atoms with van der Waals surface area (Å²) >= 11 is 0. The summed E-state index contributed by atoms with van der Waals surface area (Å²) in [5, 5.41) is 1.38. The van der Waals surface area contributed by atoms with E-state index in [4.69, 9.17) is 11.6 Å². The number of nitrogens with zero attached hydrogens (tertiary/aromatic N) is 1. The van der Waals surface area contributed by atoms with Crippen LogP contribution in [0.5, 0.6) is 0 Å². The van der Waals surface area contributed by atoms with Gasteiger partial charge in [-0.05, 0) is 19.1 Å². The van der Waals surface area contributed by atoms with E-state index in [0.29, 0.717) is 12.0 Å². The summed E-state index contributed by atoms with van der Waals surface area (Å²) in [6.07, 6.45) is 0.581. The lowest BCUT2D eigenvalue weighted by Crippen LogP contribution is -2.31. The van der Waals surface area contributed by atoms with Crippen molar-refractivity contribution in [3.05, 3.63) is 41.7 Å². The molecule has 74 valence electrons. The van der Waals surface area contributed by atoms with Crippen molar-refractivity contribution in [1.29, 1.82) is 0 Å². The number of aldehydes is 1. The van der Waals surface area contributed by atoms with Crippen LogP contribution < -0.4 is 16.6 Å². The summed E-state index contributed by atoms with van der Waals surface area (Å²) in [6.45, 7) is 1.69. The van der Waals surface area contributed by atoms with Gasteiger partial charge in [-0.2, -0.15) is 0 Å². The van der Waals surface area contributed by atoms with E-state index >= 15 is 0 Å². The Kier molecular flexibility index (Phi) is 3.25. The molecule has 14 heavy (non-hydrogen) atoms. The number of rotatable bonds is 3. The Balaban J connectivity index is 2.97. The highest BCUT2D eigenvalue weighted by molar-refractivity contribution is 5.74. The van der Waals surface area contributed by atoms with Crippen LogP contribution in [0.2, 0.25) is 0 Å². The third kappa shape index (κ3) is 2.11. The zero-order valence-corrected chi connectivity index (χ0v) is 7.97. The molecule has 0 fully saturated rings. The molecule has 0 amide bonds. The van der Waals surface area contributed by atoms with Crippen LogP contribution >= 0.6 is 0 Å². The Labute approximate surface area is 82.8 Å². The summed E-state index contributed by atoms with van der Waals surface area (Å²) in [4.78, 5) is 10.4. The number of allylic oxidation sites excluding steroid dienone is 2. The standard InChI is InChI=1S/C10H13N3O/c1-8(10(11)7-14)13(12)9-5-3-2-4-6-9/h2-7H,11-12H2,1H3/b10-8-. The van der Waals surface area contributed by atoms with Crippen molar-refractivity contribution in [3.8, 4) is 0 Å². The van der Waals surface area contributed by atoms with E-state index in [2.05, 4.69) is 0 Å². The van der Waals surface area contributed by atoms with Crippen LogP contribution in [0.3, 0.4) is 0 Å². The van der Waals surface area contributed by atoms with Crippen molar-refractivity contribution in [2.24, 2.45) is 11.6 Å². The Bertz CT molecular complexity index is 346. The topological polar surface area (TPSA) is 72.4 Å². The van der Waals surface area contributed by atoms with Gasteiger partial charge in [0.05, 0.1) is 17.1 Å². The van der Waals surface area contributed by atoms with E-state index in [0.717, 1.165) is 5.69 Å². The zero-order valence-electron chi connectivity index (χ0n) is 7.97. The molecule has 0 aromatic heterocycles. The number of anilines is 1. The number of hydrogen-bond acceptors (Lipinski definition) is 4. The van der Waals surface area contributed by atoms with Crippen LogP contribution in [0.4, 0.5) is 5.69 Å². The summed E-state index contributed by atoms with van der Waals surface area (Å²) in [5.41, 5.74) is 6.90. The van der Waals surface area contributed by atoms with Gasteiger partial charge in [0.25, 0.3) is 0 Å². The number of hydrazine groups is 1. The molecule has 0 heterocycles. The van der Waals surface area contributed by atoms with Gasteiger partial charge in [-0.1, -0.05) is 18.2 Å². The summed E-state index contributed by atoms with van der Waals surface area (Å²) in [7, 11) is 0. The maximum Gasteiger partial charge on any atom is 0.167 e. The van der Waals surface area contributed by atoms with Crippen molar-refractivity contribution in [3.63, 3.8) is 0 Å². The van der Waals surface area contributed by atoms with Gasteiger partial charge < -0.3 is 5.73 Å². The van der Waals surface area contributed by atoms with Gasteiger partial charge in [0.1, 0.15) is 0 Å². The monoisotopic (exact) mass is 191 g/mol. The van der Waals surface area contributed by atoms with Crippen molar-refractivity contribution < 1.29 is 4.79 Å². The van der Waals surface area contributed by atoms with Gasteiger partial charge in [-0.3, -0.25) is 9.80 Å². The minimum absolute atomic E-state index is 0.136. The van der Waals surface area contributed by atoms with E-state index in [1.54, 1.807) is 6.92 Å². The van der Waals surface area contributed by atoms with Crippen LogP contribution in [0.15, 0.2) is 41.7 Å². The largest absolute Gasteiger partial charge is 0.395 e. The first-order valence-corrected chi connectivity index (χ1v) is 4.18. The molecule has 1 aromatic rings. The fraction of sp³-hybridized carbons (Fsp3) is 0.100. The van der Waals surface area contributed by atoms with Gasteiger partial charge in [-0.15, -0.1) is 0 Å². The molecule has 1 rings (SSSR count). The quantitative estimate of drug-likeness (QED) is 0.320. The minimum Gasteiger partial charge on any atom is -0.395 e. The highest BCUT2D eigenvalue weighted by atomic mass is 16.1. The smallest absolute Gasteiger partial charge is 0.167 e. The van der Waals surface area contributed by atoms with Gasteiger partial charge in [-0.25, -0.2) is 5.84 Å². The van der Waals surface area contributed by atoms with Crippen molar-refractivity contribution >= 4 is 12.0 Å². The first-order chi connectivity index (χ1) is 6.66. The molecule has 4 N–H and O–H groups in total. The molecular formula is C10H13N3O. The lowest BCUT2D eigenvalue weighted by atomic mass is 10.3. The average Bonchev–Trinajstić information content (AvgIpc) is 2.27. The molecule has 0 saturated heterocycles. The fourth-order valence-corrected chi connectivity index (χ4v) is 1.01. The first kappa shape index (κ1) is 10.3. The molecule has 0 atom stereocenters. The predicted octanol–water partition coefficient (Wildman–Crippen LogP) is 0.756. The number of carbonyl (C=O) groups excluding carboxylic acids is 1.